The Kier molecular flexibility index (Phi) is 4.97. The van der Waals surface area contributed by atoms with Crippen LogP contribution in [-0.2, 0) is 21.3 Å². The Balaban J connectivity index is 1.54. The van der Waals surface area contributed by atoms with Gasteiger partial charge in [-0.05, 0) is 67.3 Å². The summed E-state index contributed by atoms with van der Waals surface area (Å²) < 4.78 is 12.4. The number of fused-ring (bicyclic) bond motifs is 3. The highest BCUT2D eigenvalue weighted by molar-refractivity contribution is 5.46. The summed E-state index contributed by atoms with van der Waals surface area (Å²) in [7, 11) is 0. The lowest BCUT2D eigenvalue weighted by molar-refractivity contribution is -0.204. The van der Waals surface area contributed by atoms with Crippen molar-refractivity contribution in [3.05, 3.63) is 34.9 Å². The van der Waals surface area contributed by atoms with Gasteiger partial charge in [0.1, 0.15) is 0 Å². The Morgan fingerprint density at radius 2 is 2.00 bits per heavy atom. The van der Waals surface area contributed by atoms with Crippen LogP contribution in [0.3, 0.4) is 0 Å². The standard InChI is InChI=1S/C25H34N2O2/c1-3-27(16-18-5-4-6-18)23-14-20-8-7-19(15-26)13-22(20)24(2)17-25(10-9-21(23)24)28-11-12-29-25/h7-8,13,18,21,23H,3-6,9-12,14,16-17H2,1-2H3/t21-,23+,24-/m0/s1. The zero-order valence-corrected chi connectivity index (χ0v) is 18.0. The quantitative estimate of drug-likeness (QED) is 0.759. The zero-order chi connectivity index (χ0) is 20.1. The Morgan fingerprint density at radius 1 is 1.21 bits per heavy atom. The van der Waals surface area contributed by atoms with Gasteiger partial charge in [-0.25, -0.2) is 0 Å². The number of ether oxygens (including phenoxy) is 2. The van der Waals surface area contributed by atoms with E-state index in [1.54, 1.807) is 0 Å². The lowest BCUT2D eigenvalue weighted by Crippen LogP contribution is -2.59. The first kappa shape index (κ1) is 19.5. The SMILES string of the molecule is CCN(CC1CCC1)[C@@H]1Cc2ccc(C#N)cc2[C@@]2(C)CC3(CC[C@@H]12)OCCO3. The molecule has 1 aliphatic heterocycles. The highest BCUT2D eigenvalue weighted by atomic mass is 16.7. The van der Waals surface area contributed by atoms with E-state index in [2.05, 4.69) is 36.9 Å². The van der Waals surface area contributed by atoms with E-state index in [-0.39, 0.29) is 5.41 Å². The smallest absolute Gasteiger partial charge is 0.169 e. The molecule has 0 radical (unpaired) electrons. The van der Waals surface area contributed by atoms with Gasteiger partial charge < -0.3 is 9.47 Å². The van der Waals surface area contributed by atoms with Gasteiger partial charge in [0, 0.05) is 30.8 Å². The van der Waals surface area contributed by atoms with Crippen molar-refractivity contribution in [3.63, 3.8) is 0 Å². The van der Waals surface area contributed by atoms with E-state index in [4.69, 9.17) is 9.47 Å². The van der Waals surface area contributed by atoms with Crippen LogP contribution in [0.1, 0.15) is 69.1 Å². The van der Waals surface area contributed by atoms with Gasteiger partial charge in [0.15, 0.2) is 5.79 Å². The maximum Gasteiger partial charge on any atom is 0.169 e. The van der Waals surface area contributed by atoms with Gasteiger partial charge in [-0.1, -0.05) is 26.3 Å². The molecule has 2 saturated carbocycles. The van der Waals surface area contributed by atoms with Crippen molar-refractivity contribution >= 4 is 0 Å². The van der Waals surface area contributed by atoms with Gasteiger partial charge in [-0.3, -0.25) is 4.90 Å². The van der Waals surface area contributed by atoms with E-state index in [9.17, 15) is 5.26 Å². The minimum Gasteiger partial charge on any atom is -0.348 e. The van der Waals surface area contributed by atoms with Crippen LogP contribution in [0.2, 0.25) is 0 Å². The average Bonchev–Trinajstić information content (AvgIpc) is 3.13. The second-order valence-electron chi connectivity index (χ2n) is 9.99. The van der Waals surface area contributed by atoms with Crippen LogP contribution in [0.15, 0.2) is 18.2 Å². The van der Waals surface area contributed by atoms with Gasteiger partial charge in [-0.2, -0.15) is 5.26 Å². The fourth-order valence-corrected chi connectivity index (χ4v) is 6.74. The first-order valence-electron chi connectivity index (χ1n) is 11.6. The molecule has 1 heterocycles. The molecule has 0 bridgehead atoms. The summed E-state index contributed by atoms with van der Waals surface area (Å²) in [6, 6.07) is 9.32. The van der Waals surface area contributed by atoms with E-state index in [0.29, 0.717) is 25.2 Å². The second kappa shape index (κ2) is 7.38. The summed E-state index contributed by atoms with van der Waals surface area (Å²) in [6.45, 7) is 8.54. The van der Waals surface area contributed by atoms with Crippen molar-refractivity contribution in [1.29, 1.82) is 5.26 Å². The van der Waals surface area contributed by atoms with Crippen LogP contribution in [-0.4, -0.2) is 43.0 Å². The molecule has 1 aromatic rings. The maximum atomic E-state index is 9.53. The predicted molar refractivity (Wildman–Crippen MR) is 113 cm³/mol. The molecule has 3 fully saturated rings. The third-order valence-electron chi connectivity index (χ3n) is 8.45. The van der Waals surface area contributed by atoms with Gasteiger partial charge in [0.25, 0.3) is 0 Å². The molecule has 4 aliphatic rings. The fraction of sp³-hybridized carbons (Fsp3) is 0.720. The fourth-order valence-electron chi connectivity index (χ4n) is 6.74. The summed E-state index contributed by atoms with van der Waals surface area (Å²) in [5, 5.41) is 9.53. The van der Waals surface area contributed by atoms with Crippen molar-refractivity contribution in [1.82, 2.24) is 4.90 Å². The molecule has 3 atom stereocenters. The molecule has 1 saturated heterocycles. The van der Waals surface area contributed by atoms with E-state index < -0.39 is 5.79 Å². The van der Waals surface area contributed by atoms with E-state index in [1.807, 2.05) is 6.07 Å². The molecule has 0 unspecified atom stereocenters. The first-order valence-corrected chi connectivity index (χ1v) is 11.6. The number of hydrogen-bond donors (Lipinski definition) is 0. The molecule has 1 aromatic carbocycles. The number of hydrogen-bond acceptors (Lipinski definition) is 4. The molecule has 4 nitrogen and oxygen atoms in total. The minimum absolute atomic E-state index is 0.0132. The molecular weight excluding hydrogens is 360 g/mol. The van der Waals surface area contributed by atoms with Gasteiger partial charge in [0.05, 0.1) is 24.8 Å². The number of nitrogens with zero attached hydrogens (tertiary/aromatic N) is 2. The Hall–Kier alpha value is -1.41. The highest BCUT2D eigenvalue weighted by Crippen LogP contribution is 2.55. The van der Waals surface area contributed by atoms with Crippen molar-refractivity contribution in [2.45, 2.75) is 76.0 Å². The third kappa shape index (κ3) is 3.23. The molecule has 156 valence electrons. The predicted octanol–water partition coefficient (Wildman–Crippen LogP) is 4.41. The summed E-state index contributed by atoms with van der Waals surface area (Å²) in [4.78, 5) is 2.78. The molecule has 1 spiro atoms. The van der Waals surface area contributed by atoms with Crippen molar-refractivity contribution < 1.29 is 9.47 Å². The summed E-state index contributed by atoms with van der Waals surface area (Å²) in [5.41, 5.74) is 3.56. The molecule has 29 heavy (non-hydrogen) atoms. The van der Waals surface area contributed by atoms with Crippen LogP contribution in [0.4, 0.5) is 0 Å². The highest BCUT2D eigenvalue weighted by Gasteiger charge is 2.56. The van der Waals surface area contributed by atoms with Gasteiger partial charge in [-0.15, -0.1) is 0 Å². The normalized spacial score (nSPS) is 33.2. The molecule has 4 heteroatoms. The van der Waals surface area contributed by atoms with Crippen LogP contribution in [0.5, 0.6) is 0 Å². The van der Waals surface area contributed by atoms with Crippen molar-refractivity contribution in [2.75, 3.05) is 26.3 Å². The number of rotatable bonds is 4. The van der Waals surface area contributed by atoms with E-state index in [0.717, 1.165) is 43.7 Å². The third-order valence-corrected chi connectivity index (χ3v) is 8.45. The Labute approximate surface area is 175 Å². The van der Waals surface area contributed by atoms with Gasteiger partial charge in [0.2, 0.25) is 0 Å². The number of likely N-dealkylation sites (N-methyl/N-ethyl adjacent to an activating group) is 1. The average molecular weight is 395 g/mol. The molecule has 0 amide bonds. The van der Waals surface area contributed by atoms with Crippen molar-refractivity contribution in [2.24, 2.45) is 11.8 Å². The summed E-state index contributed by atoms with van der Waals surface area (Å²) in [6.07, 6.45) is 8.36. The lowest BCUT2D eigenvalue weighted by Gasteiger charge is -2.56. The second-order valence-corrected chi connectivity index (χ2v) is 9.99. The van der Waals surface area contributed by atoms with Crippen LogP contribution in [0.25, 0.3) is 0 Å². The molecule has 0 aromatic heterocycles. The van der Waals surface area contributed by atoms with Crippen LogP contribution in [0, 0.1) is 23.2 Å². The first-order chi connectivity index (χ1) is 14.1. The molecule has 0 N–H and O–H groups in total. The monoisotopic (exact) mass is 394 g/mol. The molecular formula is C25H34N2O2. The summed E-state index contributed by atoms with van der Waals surface area (Å²) in [5.74, 6) is 1.06. The summed E-state index contributed by atoms with van der Waals surface area (Å²) >= 11 is 0. The Bertz CT molecular complexity index is 806. The minimum atomic E-state index is -0.419. The number of benzene rings is 1. The van der Waals surface area contributed by atoms with E-state index >= 15 is 0 Å². The largest absolute Gasteiger partial charge is 0.348 e. The number of nitriles is 1. The van der Waals surface area contributed by atoms with E-state index in [1.165, 1.54) is 36.9 Å². The topological polar surface area (TPSA) is 45.5 Å². The van der Waals surface area contributed by atoms with Crippen molar-refractivity contribution in [3.8, 4) is 6.07 Å². The van der Waals surface area contributed by atoms with Crippen LogP contribution >= 0.6 is 0 Å². The lowest BCUT2D eigenvalue weighted by atomic mass is 9.54. The van der Waals surface area contributed by atoms with Gasteiger partial charge >= 0.3 is 0 Å². The maximum absolute atomic E-state index is 9.53. The Morgan fingerprint density at radius 3 is 2.66 bits per heavy atom. The molecule has 5 rings (SSSR count). The zero-order valence-electron chi connectivity index (χ0n) is 18.0. The molecule has 3 aliphatic carbocycles. The van der Waals surface area contributed by atoms with Crippen LogP contribution < -0.4 is 0 Å².